The van der Waals surface area contributed by atoms with Gasteiger partial charge in [-0.05, 0) is 23.1 Å². The van der Waals surface area contributed by atoms with Crippen molar-refractivity contribution in [1.82, 2.24) is 9.61 Å². The van der Waals surface area contributed by atoms with Crippen LogP contribution in [0.4, 0.5) is 0 Å². The molecular weight excluding hydrogens is 227 g/mol. The van der Waals surface area contributed by atoms with Gasteiger partial charge in [-0.25, -0.2) is 0 Å². The van der Waals surface area contributed by atoms with E-state index in [9.17, 15) is 0 Å². The van der Waals surface area contributed by atoms with Crippen molar-refractivity contribution in [1.29, 1.82) is 0 Å². The minimum atomic E-state index is 0. The first-order valence-electron chi connectivity index (χ1n) is 6.01. The first kappa shape index (κ1) is 12.2. The van der Waals surface area contributed by atoms with Gasteiger partial charge in [-0.3, -0.25) is 0 Å². The standard InChI is InChI=1S/C16H11N2.Li/c1-2-6-12(7-3-1)15-11-14-10-13-8-4-5-9-16(13)18(14)17-15;/h1-11H;/q-1;+1. The molecule has 0 bridgehead atoms. The SMILES string of the molecule is [Li+].c1ccc(-c2cc3cc4ccccc4n3[n-]2)cc1. The van der Waals surface area contributed by atoms with E-state index in [0.717, 1.165) is 22.3 Å². The van der Waals surface area contributed by atoms with Crippen LogP contribution in [0.3, 0.4) is 0 Å². The van der Waals surface area contributed by atoms with Gasteiger partial charge in [-0.15, -0.1) is 5.69 Å². The second-order valence-electron chi connectivity index (χ2n) is 4.44. The van der Waals surface area contributed by atoms with E-state index >= 15 is 0 Å². The molecule has 4 aromatic rings. The summed E-state index contributed by atoms with van der Waals surface area (Å²) in [7, 11) is 0. The van der Waals surface area contributed by atoms with Crippen LogP contribution in [-0.4, -0.2) is 4.52 Å². The smallest absolute Gasteiger partial charge is 0.589 e. The summed E-state index contributed by atoms with van der Waals surface area (Å²) in [6, 6.07) is 22.9. The Kier molecular flexibility index (Phi) is 2.98. The number of benzene rings is 2. The number of nitrogens with zero attached hydrogens (tertiary/aromatic N) is 2. The number of hydrogen-bond donors (Lipinski definition) is 0. The molecule has 0 amide bonds. The fourth-order valence-electron chi connectivity index (χ4n) is 2.40. The molecule has 3 heteroatoms. The van der Waals surface area contributed by atoms with E-state index in [0.29, 0.717) is 0 Å². The van der Waals surface area contributed by atoms with Crippen molar-refractivity contribution in [2.45, 2.75) is 0 Å². The maximum Gasteiger partial charge on any atom is 1.00 e. The molecule has 0 spiro atoms. The zero-order valence-corrected chi connectivity index (χ0v) is 10.7. The molecule has 2 nitrogen and oxygen atoms in total. The number of aromatic nitrogens is 2. The molecule has 0 N–H and O–H groups in total. The van der Waals surface area contributed by atoms with Gasteiger partial charge in [0.25, 0.3) is 0 Å². The average Bonchev–Trinajstić information content (AvgIpc) is 2.97. The molecule has 0 aliphatic rings. The predicted octanol–water partition coefficient (Wildman–Crippen LogP) is 0.721. The van der Waals surface area contributed by atoms with E-state index < -0.39 is 0 Å². The van der Waals surface area contributed by atoms with E-state index in [1.54, 1.807) is 0 Å². The van der Waals surface area contributed by atoms with Crippen molar-refractivity contribution < 1.29 is 18.9 Å². The van der Waals surface area contributed by atoms with Crippen LogP contribution in [0.2, 0.25) is 0 Å². The summed E-state index contributed by atoms with van der Waals surface area (Å²) in [5.74, 6) is 0. The van der Waals surface area contributed by atoms with Gasteiger partial charge in [0.05, 0.1) is 0 Å². The predicted molar refractivity (Wildman–Crippen MR) is 73.7 cm³/mol. The first-order chi connectivity index (χ1) is 8.92. The van der Waals surface area contributed by atoms with Gasteiger partial charge < -0.3 is 9.61 Å². The molecule has 19 heavy (non-hydrogen) atoms. The molecule has 2 aromatic heterocycles. The van der Waals surface area contributed by atoms with Crippen molar-refractivity contribution in [3.8, 4) is 11.3 Å². The molecule has 4 rings (SSSR count). The zero-order valence-electron chi connectivity index (χ0n) is 10.7. The van der Waals surface area contributed by atoms with E-state index in [4.69, 9.17) is 0 Å². The second kappa shape index (κ2) is 4.66. The third-order valence-corrected chi connectivity index (χ3v) is 3.27. The number of hydrogen-bond acceptors (Lipinski definition) is 0. The number of fused-ring (bicyclic) bond motifs is 3. The van der Waals surface area contributed by atoms with Crippen LogP contribution >= 0.6 is 0 Å². The summed E-state index contributed by atoms with van der Waals surface area (Å²) in [4.78, 5) is 0. The Balaban J connectivity index is 0.00000110. The minimum Gasteiger partial charge on any atom is -0.589 e. The van der Waals surface area contributed by atoms with Crippen LogP contribution in [0.5, 0.6) is 0 Å². The number of para-hydroxylation sites is 1. The molecule has 86 valence electrons. The van der Waals surface area contributed by atoms with Crippen molar-refractivity contribution in [3.05, 3.63) is 66.7 Å². The molecule has 0 saturated heterocycles. The zero-order chi connectivity index (χ0) is 11.9. The van der Waals surface area contributed by atoms with Gasteiger partial charge in [0.2, 0.25) is 0 Å². The third-order valence-electron chi connectivity index (χ3n) is 3.27. The molecular formula is C16H11LiN2. The maximum absolute atomic E-state index is 4.69. The van der Waals surface area contributed by atoms with E-state index in [2.05, 4.69) is 47.6 Å². The van der Waals surface area contributed by atoms with Gasteiger partial charge in [0, 0.05) is 11.0 Å². The molecule has 0 saturated carbocycles. The topological polar surface area (TPSA) is 18.5 Å². The van der Waals surface area contributed by atoms with Crippen LogP contribution in [0.25, 0.3) is 27.7 Å². The Morgan fingerprint density at radius 3 is 2.37 bits per heavy atom. The van der Waals surface area contributed by atoms with Crippen molar-refractivity contribution in [3.63, 3.8) is 0 Å². The summed E-state index contributed by atoms with van der Waals surface area (Å²) in [5.41, 5.74) is 4.49. The summed E-state index contributed by atoms with van der Waals surface area (Å²) in [5, 5.41) is 5.92. The Bertz CT molecular complexity index is 828. The van der Waals surface area contributed by atoms with Crippen molar-refractivity contribution in [2.75, 3.05) is 0 Å². The van der Waals surface area contributed by atoms with Gasteiger partial charge in [0.1, 0.15) is 0 Å². The van der Waals surface area contributed by atoms with Gasteiger partial charge in [-0.2, -0.15) is 0 Å². The minimum absolute atomic E-state index is 0. The van der Waals surface area contributed by atoms with Crippen molar-refractivity contribution >= 4 is 16.4 Å². The summed E-state index contributed by atoms with van der Waals surface area (Å²) < 4.78 is 2.01. The molecule has 0 radical (unpaired) electrons. The Morgan fingerprint density at radius 1 is 0.789 bits per heavy atom. The fraction of sp³-hybridized carbons (Fsp3) is 0. The first-order valence-corrected chi connectivity index (χ1v) is 6.01. The largest absolute Gasteiger partial charge is 1.00 e. The Labute approximate surface area is 123 Å². The maximum atomic E-state index is 4.69. The normalized spacial score (nSPS) is 10.7. The Morgan fingerprint density at radius 2 is 1.53 bits per heavy atom. The molecule has 0 unspecified atom stereocenters. The van der Waals surface area contributed by atoms with E-state index in [-0.39, 0.29) is 18.9 Å². The molecule has 2 aromatic carbocycles. The molecule has 2 heterocycles. The van der Waals surface area contributed by atoms with Crippen LogP contribution in [0.15, 0.2) is 66.7 Å². The quantitative estimate of drug-likeness (QED) is 0.447. The van der Waals surface area contributed by atoms with E-state index in [1.807, 2.05) is 28.8 Å². The van der Waals surface area contributed by atoms with Gasteiger partial charge in [0.15, 0.2) is 0 Å². The van der Waals surface area contributed by atoms with Gasteiger partial charge in [-0.1, -0.05) is 54.6 Å². The summed E-state index contributed by atoms with van der Waals surface area (Å²) >= 11 is 0. The molecule has 0 atom stereocenters. The van der Waals surface area contributed by atoms with Crippen LogP contribution in [0.1, 0.15) is 0 Å². The van der Waals surface area contributed by atoms with Crippen LogP contribution < -0.4 is 24.0 Å². The van der Waals surface area contributed by atoms with Crippen molar-refractivity contribution in [2.24, 2.45) is 0 Å². The average molecular weight is 238 g/mol. The van der Waals surface area contributed by atoms with Crippen LogP contribution in [-0.2, 0) is 0 Å². The van der Waals surface area contributed by atoms with E-state index in [1.165, 1.54) is 5.39 Å². The van der Waals surface area contributed by atoms with Crippen LogP contribution in [0, 0.1) is 0 Å². The third kappa shape index (κ3) is 1.90. The molecule has 0 fully saturated rings. The summed E-state index contributed by atoms with van der Waals surface area (Å²) in [6.07, 6.45) is 0. The monoisotopic (exact) mass is 238 g/mol. The number of rotatable bonds is 1. The fourth-order valence-corrected chi connectivity index (χ4v) is 2.40. The molecule has 0 aliphatic heterocycles. The Hall–Kier alpha value is -1.88. The second-order valence-corrected chi connectivity index (χ2v) is 4.44. The molecule has 0 aliphatic carbocycles. The van der Waals surface area contributed by atoms with Gasteiger partial charge >= 0.3 is 18.9 Å². The summed E-state index contributed by atoms with van der Waals surface area (Å²) in [6.45, 7) is 0.